The third kappa shape index (κ3) is 3.85. The summed E-state index contributed by atoms with van der Waals surface area (Å²) in [7, 11) is 1.60. The monoisotopic (exact) mass is 373 g/mol. The molecule has 0 aliphatic carbocycles. The Morgan fingerprint density at radius 2 is 2.12 bits per heavy atom. The number of amides is 1. The number of anilines is 1. The highest BCUT2D eigenvalue weighted by Gasteiger charge is 2.14. The maximum Gasteiger partial charge on any atom is 0.234 e. The minimum Gasteiger partial charge on any atom is -0.495 e. The number of nitrogens with one attached hydrogen (secondary N) is 1. The first-order valence-electron chi connectivity index (χ1n) is 8.85. The highest BCUT2D eigenvalue weighted by molar-refractivity contribution is 7.19. The molecule has 0 fully saturated rings. The number of aromatic nitrogens is 4. The van der Waals surface area contributed by atoms with Gasteiger partial charge in [0.2, 0.25) is 10.9 Å². The Bertz CT molecular complexity index is 902. The second-order valence-corrected chi connectivity index (χ2v) is 6.95. The van der Waals surface area contributed by atoms with Crippen molar-refractivity contribution in [1.29, 1.82) is 0 Å². The minimum atomic E-state index is 0.000288. The summed E-state index contributed by atoms with van der Waals surface area (Å²) in [5.74, 6) is 1.47. The number of benzene rings is 1. The van der Waals surface area contributed by atoms with Gasteiger partial charge in [-0.2, -0.15) is 9.61 Å². The summed E-state index contributed by atoms with van der Waals surface area (Å²) in [6.45, 7) is 4.14. The van der Waals surface area contributed by atoms with Crippen LogP contribution in [0.2, 0.25) is 0 Å². The van der Waals surface area contributed by atoms with E-state index >= 15 is 0 Å². The van der Waals surface area contributed by atoms with Gasteiger partial charge in [-0.05, 0) is 24.6 Å². The standard InChI is InChI=1S/C18H23N5O2S/c1-4-6-7-8-16(24)19-13-11-12(9-10-14(13)25-3)17-22-23-15(5-2)20-21-18(23)26-17/h9-11H,4-8H2,1-3H3,(H,19,24). The second kappa shape index (κ2) is 8.27. The summed E-state index contributed by atoms with van der Waals surface area (Å²) in [5, 5.41) is 16.7. The Morgan fingerprint density at radius 3 is 2.85 bits per heavy atom. The highest BCUT2D eigenvalue weighted by atomic mass is 32.1. The molecule has 8 heteroatoms. The SMILES string of the molecule is CCCCCC(=O)Nc1cc(-c2nn3c(CC)nnc3s2)ccc1OC. The second-order valence-electron chi connectivity index (χ2n) is 5.99. The molecule has 0 saturated heterocycles. The Morgan fingerprint density at radius 1 is 1.27 bits per heavy atom. The zero-order valence-corrected chi connectivity index (χ0v) is 16.1. The number of unbranched alkanes of at least 4 members (excludes halogenated alkanes) is 2. The van der Waals surface area contributed by atoms with E-state index in [1.165, 1.54) is 11.3 Å². The molecule has 2 aromatic heterocycles. The molecular weight excluding hydrogens is 350 g/mol. The average molecular weight is 373 g/mol. The highest BCUT2D eigenvalue weighted by Crippen LogP contribution is 2.33. The summed E-state index contributed by atoms with van der Waals surface area (Å²) in [6, 6.07) is 5.68. The number of aryl methyl sites for hydroxylation is 1. The first-order valence-corrected chi connectivity index (χ1v) is 9.67. The molecule has 0 bridgehead atoms. The van der Waals surface area contributed by atoms with Crippen molar-refractivity contribution in [2.45, 2.75) is 46.0 Å². The summed E-state index contributed by atoms with van der Waals surface area (Å²) >= 11 is 1.47. The van der Waals surface area contributed by atoms with Gasteiger partial charge in [0.1, 0.15) is 10.8 Å². The Kier molecular flexibility index (Phi) is 5.82. The number of methoxy groups -OCH3 is 1. The number of carbonyl (C=O) groups is 1. The van der Waals surface area contributed by atoms with E-state index in [-0.39, 0.29) is 5.91 Å². The van der Waals surface area contributed by atoms with Crippen LogP contribution in [0.25, 0.3) is 15.5 Å². The molecule has 0 atom stereocenters. The van der Waals surface area contributed by atoms with E-state index in [0.29, 0.717) is 17.9 Å². The van der Waals surface area contributed by atoms with E-state index in [0.717, 1.165) is 47.0 Å². The molecule has 3 aromatic rings. The van der Waals surface area contributed by atoms with Crippen LogP contribution in [0.5, 0.6) is 5.75 Å². The van der Waals surface area contributed by atoms with Gasteiger partial charge in [-0.25, -0.2) is 0 Å². The van der Waals surface area contributed by atoms with E-state index in [1.807, 2.05) is 25.1 Å². The molecule has 2 heterocycles. The number of ether oxygens (including phenoxy) is 1. The van der Waals surface area contributed by atoms with E-state index < -0.39 is 0 Å². The molecular formula is C18H23N5O2S. The summed E-state index contributed by atoms with van der Waals surface area (Å²) in [4.78, 5) is 12.9. The first kappa shape index (κ1) is 18.3. The van der Waals surface area contributed by atoms with Crippen molar-refractivity contribution < 1.29 is 9.53 Å². The van der Waals surface area contributed by atoms with Gasteiger partial charge in [0.05, 0.1) is 12.8 Å². The number of rotatable bonds is 8. The third-order valence-electron chi connectivity index (χ3n) is 4.10. The topological polar surface area (TPSA) is 81.4 Å². The molecule has 0 saturated carbocycles. The van der Waals surface area contributed by atoms with E-state index in [9.17, 15) is 4.79 Å². The summed E-state index contributed by atoms with van der Waals surface area (Å²) in [6.07, 6.45) is 4.31. The largest absolute Gasteiger partial charge is 0.495 e. The predicted octanol–water partition coefficient (Wildman–Crippen LogP) is 3.94. The van der Waals surface area contributed by atoms with Gasteiger partial charge < -0.3 is 10.1 Å². The van der Waals surface area contributed by atoms with Crippen LogP contribution in [-0.2, 0) is 11.2 Å². The lowest BCUT2D eigenvalue weighted by Gasteiger charge is -2.11. The molecule has 3 rings (SSSR count). The third-order valence-corrected chi connectivity index (χ3v) is 5.05. The lowest BCUT2D eigenvalue weighted by Crippen LogP contribution is -2.12. The van der Waals surface area contributed by atoms with Gasteiger partial charge in [-0.15, -0.1) is 10.2 Å². The minimum absolute atomic E-state index is 0.000288. The van der Waals surface area contributed by atoms with Crippen LogP contribution in [0.1, 0.15) is 45.4 Å². The Balaban J connectivity index is 1.85. The average Bonchev–Trinajstić information content (AvgIpc) is 3.22. The smallest absolute Gasteiger partial charge is 0.234 e. The van der Waals surface area contributed by atoms with E-state index in [2.05, 4.69) is 27.5 Å². The molecule has 0 radical (unpaired) electrons. The Hall–Kier alpha value is -2.48. The van der Waals surface area contributed by atoms with E-state index in [1.54, 1.807) is 11.6 Å². The van der Waals surface area contributed by atoms with Crippen LogP contribution in [0.15, 0.2) is 18.2 Å². The van der Waals surface area contributed by atoms with Crippen molar-refractivity contribution in [2.75, 3.05) is 12.4 Å². The molecule has 138 valence electrons. The molecule has 0 unspecified atom stereocenters. The van der Waals surface area contributed by atoms with Crippen molar-refractivity contribution in [3.05, 3.63) is 24.0 Å². The quantitative estimate of drug-likeness (QED) is 0.605. The van der Waals surface area contributed by atoms with Gasteiger partial charge in [0.25, 0.3) is 0 Å². The lowest BCUT2D eigenvalue weighted by atomic mass is 10.1. The molecule has 7 nitrogen and oxygen atoms in total. The molecule has 0 spiro atoms. The summed E-state index contributed by atoms with van der Waals surface area (Å²) in [5.41, 5.74) is 1.57. The van der Waals surface area contributed by atoms with Crippen molar-refractivity contribution in [3.63, 3.8) is 0 Å². The fourth-order valence-corrected chi connectivity index (χ4v) is 3.54. The number of hydrogen-bond acceptors (Lipinski definition) is 6. The van der Waals surface area contributed by atoms with Crippen LogP contribution in [0.4, 0.5) is 5.69 Å². The Labute approximate surface area is 156 Å². The summed E-state index contributed by atoms with van der Waals surface area (Å²) < 4.78 is 7.15. The number of carbonyl (C=O) groups excluding carboxylic acids is 1. The predicted molar refractivity (Wildman–Crippen MR) is 103 cm³/mol. The van der Waals surface area contributed by atoms with Crippen LogP contribution < -0.4 is 10.1 Å². The van der Waals surface area contributed by atoms with Crippen LogP contribution >= 0.6 is 11.3 Å². The normalized spacial score (nSPS) is 11.0. The molecule has 0 aliphatic heterocycles. The molecule has 1 aromatic carbocycles. The molecule has 1 amide bonds. The lowest BCUT2D eigenvalue weighted by molar-refractivity contribution is -0.116. The van der Waals surface area contributed by atoms with Gasteiger partial charge in [-0.1, -0.05) is 38.0 Å². The van der Waals surface area contributed by atoms with Gasteiger partial charge in [0, 0.05) is 18.4 Å². The molecule has 1 N–H and O–H groups in total. The number of hydrogen-bond donors (Lipinski definition) is 1. The van der Waals surface area contributed by atoms with Gasteiger partial charge >= 0.3 is 0 Å². The zero-order valence-electron chi connectivity index (χ0n) is 15.3. The first-order chi connectivity index (χ1) is 12.7. The zero-order chi connectivity index (χ0) is 18.5. The number of nitrogens with zero attached hydrogens (tertiary/aromatic N) is 4. The van der Waals surface area contributed by atoms with Crippen molar-refractivity contribution in [3.8, 4) is 16.3 Å². The van der Waals surface area contributed by atoms with Crippen molar-refractivity contribution >= 4 is 27.9 Å². The molecule has 0 aliphatic rings. The maximum atomic E-state index is 12.2. The van der Waals surface area contributed by atoms with Crippen LogP contribution in [0.3, 0.4) is 0 Å². The maximum absolute atomic E-state index is 12.2. The van der Waals surface area contributed by atoms with Crippen LogP contribution in [0, 0.1) is 0 Å². The fourth-order valence-electron chi connectivity index (χ4n) is 2.68. The van der Waals surface area contributed by atoms with Crippen molar-refractivity contribution in [1.82, 2.24) is 19.8 Å². The van der Waals surface area contributed by atoms with Gasteiger partial charge in [-0.3, -0.25) is 4.79 Å². The fraction of sp³-hybridized carbons (Fsp3) is 0.444. The van der Waals surface area contributed by atoms with E-state index in [4.69, 9.17) is 4.74 Å². The molecule has 26 heavy (non-hydrogen) atoms. The van der Waals surface area contributed by atoms with Gasteiger partial charge in [0.15, 0.2) is 5.82 Å². The van der Waals surface area contributed by atoms with Crippen molar-refractivity contribution in [2.24, 2.45) is 0 Å². The number of fused-ring (bicyclic) bond motifs is 1. The van der Waals surface area contributed by atoms with Crippen LogP contribution in [-0.4, -0.2) is 32.8 Å².